The van der Waals surface area contributed by atoms with Gasteiger partial charge in [0, 0.05) is 18.0 Å². The number of rotatable bonds is 4. The topological polar surface area (TPSA) is 124 Å². The van der Waals surface area contributed by atoms with Crippen molar-refractivity contribution in [3.63, 3.8) is 0 Å². The van der Waals surface area contributed by atoms with Gasteiger partial charge in [0.25, 0.3) is 11.8 Å². The minimum absolute atomic E-state index is 0.0132. The van der Waals surface area contributed by atoms with Crippen molar-refractivity contribution < 1.29 is 14.1 Å². The number of primary amides is 1. The van der Waals surface area contributed by atoms with Gasteiger partial charge in [-0.3, -0.25) is 9.59 Å². The van der Waals surface area contributed by atoms with Gasteiger partial charge in [0.05, 0.1) is 0 Å². The van der Waals surface area contributed by atoms with Crippen LogP contribution in [-0.4, -0.2) is 29.1 Å². The van der Waals surface area contributed by atoms with Crippen LogP contribution in [0.5, 0.6) is 0 Å². The molecule has 0 radical (unpaired) electrons. The Morgan fingerprint density at radius 2 is 1.81 bits per heavy atom. The summed E-state index contributed by atoms with van der Waals surface area (Å²) in [5.41, 5.74) is 11.4. The molecule has 5 N–H and O–H groups in total. The molecule has 0 atom stereocenters. The maximum Gasteiger partial charge on any atom is 0.274 e. The molecule has 7 heteroatoms. The predicted octanol–water partition coefficient (Wildman–Crippen LogP) is 0.651. The van der Waals surface area contributed by atoms with Gasteiger partial charge in [-0.25, -0.2) is 0 Å². The number of hydrogen-bond acceptors (Lipinski definition) is 5. The Kier molecular flexibility index (Phi) is 3.67. The van der Waals surface area contributed by atoms with Gasteiger partial charge in [-0.1, -0.05) is 5.16 Å². The summed E-state index contributed by atoms with van der Waals surface area (Å²) >= 11 is 0. The van der Waals surface area contributed by atoms with Crippen LogP contribution in [0, 0.1) is 0 Å². The zero-order chi connectivity index (χ0) is 15.0. The SMILES string of the molecule is NC(=O)c1c(C(=O)N[C@H]2CC[C@H](N)CC2)noc1C1CC1. The van der Waals surface area contributed by atoms with Crippen molar-refractivity contribution in [2.75, 3.05) is 0 Å². The van der Waals surface area contributed by atoms with Gasteiger partial charge in [0.15, 0.2) is 11.5 Å². The van der Waals surface area contributed by atoms with E-state index < -0.39 is 5.91 Å². The fraction of sp³-hybridized carbons (Fsp3) is 0.643. The van der Waals surface area contributed by atoms with Crippen LogP contribution in [0.4, 0.5) is 0 Å². The highest BCUT2D eigenvalue weighted by atomic mass is 16.5. The monoisotopic (exact) mass is 292 g/mol. The van der Waals surface area contributed by atoms with Crippen LogP contribution < -0.4 is 16.8 Å². The van der Waals surface area contributed by atoms with Crippen LogP contribution in [-0.2, 0) is 0 Å². The molecule has 0 spiro atoms. The molecule has 21 heavy (non-hydrogen) atoms. The molecule has 1 aromatic rings. The number of hydrogen-bond donors (Lipinski definition) is 3. The summed E-state index contributed by atoms with van der Waals surface area (Å²) in [5, 5.41) is 6.67. The van der Waals surface area contributed by atoms with Gasteiger partial charge in [-0.05, 0) is 38.5 Å². The Morgan fingerprint density at radius 3 is 2.38 bits per heavy atom. The second-order valence-electron chi connectivity index (χ2n) is 5.99. The summed E-state index contributed by atoms with van der Waals surface area (Å²) < 4.78 is 5.18. The highest BCUT2D eigenvalue weighted by Crippen LogP contribution is 2.42. The first-order valence-corrected chi connectivity index (χ1v) is 7.42. The molecule has 2 saturated carbocycles. The van der Waals surface area contributed by atoms with Gasteiger partial charge in [-0.15, -0.1) is 0 Å². The Labute approximate surface area is 122 Å². The first-order valence-electron chi connectivity index (χ1n) is 7.42. The maximum atomic E-state index is 12.3. The second kappa shape index (κ2) is 5.48. The van der Waals surface area contributed by atoms with Crippen molar-refractivity contribution in [1.82, 2.24) is 10.5 Å². The highest BCUT2D eigenvalue weighted by Gasteiger charge is 2.36. The van der Waals surface area contributed by atoms with Crippen molar-refractivity contribution in [3.8, 4) is 0 Å². The molecule has 114 valence electrons. The van der Waals surface area contributed by atoms with E-state index in [0.29, 0.717) is 5.76 Å². The summed E-state index contributed by atoms with van der Waals surface area (Å²) in [6.45, 7) is 0. The van der Waals surface area contributed by atoms with E-state index in [-0.39, 0.29) is 35.2 Å². The number of carbonyl (C=O) groups is 2. The normalized spacial score (nSPS) is 25.6. The van der Waals surface area contributed by atoms with Crippen molar-refractivity contribution in [3.05, 3.63) is 17.0 Å². The molecule has 0 unspecified atom stereocenters. The number of nitrogens with zero attached hydrogens (tertiary/aromatic N) is 1. The Balaban J connectivity index is 1.73. The fourth-order valence-corrected chi connectivity index (χ4v) is 2.84. The van der Waals surface area contributed by atoms with Crippen LogP contribution in [0.2, 0.25) is 0 Å². The van der Waals surface area contributed by atoms with E-state index in [1.165, 1.54) is 0 Å². The van der Waals surface area contributed by atoms with Crippen molar-refractivity contribution >= 4 is 11.8 Å². The minimum Gasteiger partial charge on any atom is -0.365 e. The Morgan fingerprint density at radius 1 is 1.14 bits per heavy atom. The molecule has 0 bridgehead atoms. The van der Waals surface area contributed by atoms with E-state index in [0.717, 1.165) is 38.5 Å². The Hall–Kier alpha value is -1.89. The van der Waals surface area contributed by atoms with Crippen LogP contribution >= 0.6 is 0 Å². The molecule has 2 fully saturated rings. The molecule has 1 aromatic heterocycles. The van der Waals surface area contributed by atoms with Crippen molar-refractivity contribution in [2.45, 2.75) is 56.5 Å². The quantitative estimate of drug-likeness (QED) is 0.751. The summed E-state index contributed by atoms with van der Waals surface area (Å²) in [5.74, 6) is -0.415. The van der Waals surface area contributed by atoms with E-state index >= 15 is 0 Å². The van der Waals surface area contributed by atoms with E-state index in [2.05, 4.69) is 10.5 Å². The van der Waals surface area contributed by atoms with E-state index in [1.54, 1.807) is 0 Å². The molecule has 2 aliphatic rings. The summed E-state index contributed by atoms with van der Waals surface area (Å²) in [6.07, 6.45) is 5.34. The maximum absolute atomic E-state index is 12.3. The lowest BCUT2D eigenvalue weighted by Gasteiger charge is -2.26. The number of aromatic nitrogens is 1. The predicted molar refractivity (Wildman–Crippen MR) is 74.7 cm³/mol. The molecule has 0 saturated heterocycles. The molecule has 0 aromatic carbocycles. The lowest BCUT2D eigenvalue weighted by atomic mass is 9.91. The van der Waals surface area contributed by atoms with Gasteiger partial charge >= 0.3 is 0 Å². The lowest BCUT2D eigenvalue weighted by Crippen LogP contribution is -2.41. The lowest BCUT2D eigenvalue weighted by molar-refractivity contribution is 0.0905. The molecule has 3 rings (SSSR count). The van der Waals surface area contributed by atoms with Crippen LogP contribution in [0.15, 0.2) is 4.52 Å². The average molecular weight is 292 g/mol. The summed E-state index contributed by atoms with van der Waals surface area (Å²) in [4.78, 5) is 23.9. The molecular weight excluding hydrogens is 272 g/mol. The van der Waals surface area contributed by atoms with Gasteiger partial charge in [0.2, 0.25) is 0 Å². The van der Waals surface area contributed by atoms with Crippen LogP contribution in [0.25, 0.3) is 0 Å². The number of amides is 2. The third-order valence-electron chi connectivity index (χ3n) is 4.24. The number of nitrogens with one attached hydrogen (secondary N) is 1. The van der Waals surface area contributed by atoms with E-state index in [4.69, 9.17) is 16.0 Å². The van der Waals surface area contributed by atoms with E-state index in [1.807, 2.05) is 0 Å². The van der Waals surface area contributed by atoms with Gasteiger partial charge < -0.3 is 21.3 Å². The molecule has 0 aliphatic heterocycles. The largest absolute Gasteiger partial charge is 0.365 e. The molecular formula is C14H20N4O3. The minimum atomic E-state index is -0.658. The van der Waals surface area contributed by atoms with Crippen molar-refractivity contribution in [2.24, 2.45) is 11.5 Å². The Bertz CT molecular complexity index is 557. The summed E-state index contributed by atoms with van der Waals surface area (Å²) in [6, 6.07) is 0.284. The van der Waals surface area contributed by atoms with Gasteiger partial charge in [-0.2, -0.15) is 0 Å². The van der Waals surface area contributed by atoms with Crippen molar-refractivity contribution in [1.29, 1.82) is 0 Å². The van der Waals surface area contributed by atoms with E-state index in [9.17, 15) is 9.59 Å². The zero-order valence-corrected chi connectivity index (χ0v) is 11.8. The third-order valence-corrected chi connectivity index (χ3v) is 4.24. The smallest absolute Gasteiger partial charge is 0.274 e. The second-order valence-corrected chi connectivity index (χ2v) is 5.99. The highest BCUT2D eigenvalue weighted by molar-refractivity contribution is 6.06. The molecule has 2 aliphatic carbocycles. The fourth-order valence-electron chi connectivity index (χ4n) is 2.84. The molecule has 1 heterocycles. The first-order chi connectivity index (χ1) is 10.1. The number of carbonyl (C=O) groups excluding carboxylic acids is 2. The average Bonchev–Trinajstić information content (AvgIpc) is 3.19. The third kappa shape index (κ3) is 2.92. The standard InChI is InChI=1S/C14H20N4O3/c15-8-3-5-9(6-4-8)17-14(20)11-10(13(16)19)12(21-18-11)7-1-2-7/h7-9H,1-6,15H2,(H2,16,19)(H,17,20)/t8-,9-. The summed E-state index contributed by atoms with van der Waals surface area (Å²) in [7, 11) is 0. The van der Waals surface area contributed by atoms with Crippen LogP contribution in [0.3, 0.4) is 0 Å². The molecule has 2 amide bonds. The number of nitrogens with two attached hydrogens (primary N) is 2. The first kappa shape index (κ1) is 14.1. The van der Waals surface area contributed by atoms with Crippen LogP contribution in [0.1, 0.15) is 71.0 Å². The van der Waals surface area contributed by atoms with Gasteiger partial charge in [0.1, 0.15) is 5.56 Å². The zero-order valence-electron chi connectivity index (χ0n) is 11.8. The molecule has 7 nitrogen and oxygen atoms in total.